The van der Waals surface area contributed by atoms with E-state index in [1.54, 1.807) is 12.1 Å². The van der Waals surface area contributed by atoms with Crippen LogP contribution in [0.4, 0.5) is 0 Å². The molecule has 6 nitrogen and oxygen atoms in total. The van der Waals surface area contributed by atoms with Crippen LogP contribution in [0.1, 0.15) is 53.8 Å². The molecule has 0 aliphatic heterocycles. The summed E-state index contributed by atoms with van der Waals surface area (Å²) in [5, 5.41) is 15.9. The fourth-order valence-corrected chi connectivity index (χ4v) is 2.70. The standard InChI is InChI=1S/C19H25N3O3/c1-14-13-15(2)22(21-14)17-10-8-16(9-11-17)19(25)20-12-6-4-3-5-7-18(23)24/h8-11,13H,3-7,12H2,1-2H3,(H,20,25)(H,23,24). The van der Waals surface area contributed by atoms with Gasteiger partial charge in [0.15, 0.2) is 0 Å². The van der Waals surface area contributed by atoms with Crippen LogP contribution in [0.25, 0.3) is 5.69 Å². The Bertz CT molecular complexity index is 720. The van der Waals surface area contributed by atoms with Gasteiger partial charge in [-0.2, -0.15) is 5.10 Å². The van der Waals surface area contributed by atoms with Gasteiger partial charge < -0.3 is 10.4 Å². The van der Waals surface area contributed by atoms with E-state index in [0.717, 1.165) is 36.3 Å². The van der Waals surface area contributed by atoms with E-state index < -0.39 is 5.97 Å². The van der Waals surface area contributed by atoms with Crippen molar-refractivity contribution in [2.75, 3.05) is 6.54 Å². The topological polar surface area (TPSA) is 84.2 Å². The molecule has 0 radical (unpaired) electrons. The Kier molecular flexibility index (Phi) is 6.74. The lowest BCUT2D eigenvalue weighted by atomic mass is 10.1. The van der Waals surface area contributed by atoms with Crippen molar-refractivity contribution in [2.24, 2.45) is 0 Å². The molecule has 0 unspecified atom stereocenters. The van der Waals surface area contributed by atoms with Crippen molar-refractivity contribution in [1.82, 2.24) is 15.1 Å². The lowest BCUT2D eigenvalue weighted by Gasteiger charge is -2.07. The predicted octanol–water partition coefficient (Wildman–Crippen LogP) is 3.25. The van der Waals surface area contributed by atoms with Crippen molar-refractivity contribution in [3.63, 3.8) is 0 Å². The molecule has 2 rings (SSSR count). The van der Waals surface area contributed by atoms with E-state index in [1.165, 1.54) is 0 Å². The van der Waals surface area contributed by atoms with Gasteiger partial charge in [0, 0.05) is 24.2 Å². The molecule has 134 valence electrons. The van der Waals surface area contributed by atoms with Crippen molar-refractivity contribution in [3.05, 3.63) is 47.3 Å². The van der Waals surface area contributed by atoms with Crippen molar-refractivity contribution < 1.29 is 14.7 Å². The molecule has 25 heavy (non-hydrogen) atoms. The van der Waals surface area contributed by atoms with Gasteiger partial charge in [-0.05, 0) is 57.0 Å². The van der Waals surface area contributed by atoms with Gasteiger partial charge >= 0.3 is 5.97 Å². The van der Waals surface area contributed by atoms with Gasteiger partial charge in [-0.25, -0.2) is 4.68 Å². The molecule has 0 saturated heterocycles. The normalized spacial score (nSPS) is 10.6. The first-order valence-corrected chi connectivity index (χ1v) is 8.61. The zero-order chi connectivity index (χ0) is 18.2. The Morgan fingerprint density at radius 2 is 1.76 bits per heavy atom. The summed E-state index contributed by atoms with van der Waals surface area (Å²) in [4.78, 5) is 22.5. The third-order valence-electron chi connectivity index (χ3n) is 3.99. The van der Waals surface area contributed by atoms with Crippen molar-refractivity contribution >= 4 is 11.9 Å². The van der Waals surface area contributed by atoms with Crippen LogP contribution in [0.5, 0.6) is 0 Å². The summed E-state index contributed by atoms with van der Waals surface area (Å²) in [6.45, 7) is 4.55. The largest absolute Gasteiger partial charge is 0.481 e. The molecule has 2 N–H and O–H groups in total. The second kappa shape index (κ2) is 9.01. The number of nitrogens with zero attached hydrogens (tertiary/aromatic N) is 2. The molecule has 0 bridgehead atoms. The Morgan fingerprint density at radius 1 is 1.08 bits per heavy atom. The number of aryl methyl sites for hydroxylation is 2. The molecule has 6 heteroatoms. The number of hydrogen-bond acceptors (Lipinski definition) is 3. The van der Waals surface area contributed by atoms with Crippen LogP contribution in [-0.2, 0) is 4.79 Å². The Balaban J connectivity index is 1.77. The summed E-state index contributed by atoms with van der Waals surface area (Å²) in [7, 11) is 0. The molecule has 2 aromatic rings. The summed E-state index contributed by atoms with van der Waals surface area (Å²) < 4.78 is 1.86. The number of aliphatic carboxylic acids is 1. The summed E-state index contributed by atoms with van der Waals surface area (Å²) in [5.41, 5.74) is 3.57. The molecule has 1 aromatic heterocycles. The highest BCUT2D eigenvalue weighted by Gasteiger charge is 2.07. The third kappa shape index (κ3) is 5.74. The lowest BCUT2D eigenvalue weighted by molar-refractivity contribution is -0.137. The number of unbranched alkanes of at least 4 members (excludes halogenated alkanes) is 3. The molecule has 0 atom stereocenters. The molecule has 1 heterocycles. The first kappa shape index (κ1) is 18.7. The SMILES string of the molecule is Cc1cc(C)n(-c2ccc(C(=O)NCCCCCCC(=O)O)cc2)n1. The second-order valence-electron chi connectivity index (χ2n) is 6.20. The van der Waals surface area contributed by atoms with E-state index >= 15 is 0 Å². The van der Waals surface area contributed by atoms with Gasteiger partial charge in [-0.15, -0.1) is 0 Å². The minimum Gasteiger partial charge on any atom is -0.481 e. The summed E-state index contributed by atoms with van der Waals surface area (Å²) in [6.07, 6.45) is 3.56. The van der Waals surface area contributed by atoms with E-state index in [4.69, 9.17) is 5.11 Å². The van der Waals surface area contributed by atoms with Gasteiger partial charge in [0.1, 0.15) is 0 Å². The zero-order valence-corrected chi connectivity index (χ0v) is 14.8. The number of carboxylic acids is 1. The average Bonchev–Trinajstić information content (AvgIpc) is 2.92. The van der Waals surface area contributed by atoms with E-state index in [0.29, 0.717) is 18.5 Å². The highest BCUT2D eigenvalue weighted by molar-refractivity contribution is 5.94. The highest BCUT2D eigenvalue weighted by Crippen LogP contribution is 2.13. The fourth-order valence-electron chi connectivity index (χ4n) is 2.70. The maximum atomic E-state index is 12.1. The number of nitrogens with one attached hydrogen (secondary N) is 1. The van der Waals surface area contributed by atoms with Gasteiger partial charge in [-0.3, -0.25) is 9.59 Å². The molecule has 0 fully saturated rings. The molecule has 0 spiro atoms. The van der Waals surface area contributed by atoms with Crippen LogP contribution in [0.3, 0.4) is 0 Å². The Morgan fingerprint density at radius 3 is 2.36 bits per heavy atom. The molecule has 0 saturated carbocycles. The maximum absolute atomic E-state index is 12.1. The second-order valence-corrected chi connectivity index (χ2v) is 6.20. The third-order valence-corrected chi connectivity index (χ3v) is 3.99. The molecule has 1 amide bonds. The smallest absolute Gasteiger partial charge is 0.303 e. The minimum absolute atomic E-state index is 0.0922. The van der Waals surface area contributed by atoms with Crippen molar-refractivity contribution in [2.45, 2.75) is 46.0 Å². The quantitative estimate of drug-likeness (QED) is 0.685. The maximum Gasteiger partial charge on any atom is 0.303 e. The van der Waals surface area contributed by atoms with E-state index in [9.17, 15) is 9.59 Å². The van der Waals surface area contributed by atoms with Gasteiger partial charge in [0.2, 0.25) is 0 Å². The van der Waals surface area contributed by atoms with Crippen molar-refractivity contribution in [3.8, 4) is 5.69 Å². The summed E-state index contributed by atoms with van der Waals surface area (Å²) in [6, 6.07) is 9.39. The first-order chi connectivity index (χ1) is 12.0. The summed E-state index contributed by atoms with van der Waals surface area (Å²) in [5.74, 6) is -0.845. The van der Waals surface area contributed by atoms with Crippen LogP contribution in [-0.4, -0.2) is 33.3 Å². The minimum atomic E-state index is -0.753. The van der Waals surface area contributed by atoms with E-state index in [2.05, 4.69) is 10.4 Å². The predicted molar refractivity (Wildman–Crippen MR) is 96.1 cm³/mol. The first-order valence-electron chi connectivity index (χ1n) is 8.61. The van der Waals surface area contributed by atoms with Gasteiger partial charge in [0.25, 0.3) is 5.91 Å². The van der Waals surface area contributed by atoms with E-state index in [1.807, 2.05) is 36.7 Å². The van der Waals surface area contributed by atoms with Crippen molar-refractivity contribution in [1.29, 1.82) is 0 Å². The molecule has 1 aromatic carbocycles. The van der Waals surface area contributed by atoms with Gasteiger partial charge in [-0.1, -0.05) is 12.8 Å². The molecule has 0 aliphatic rings. The number of aromatic nitrogens is 2. The molecular formula is C19H25N3O3. The van der Waals surface area contributed by atoms with Crippen LogP contribution >= 0.6 is 0 Å². The number of amides is 1. The molecule has 0 aliphatic carbocycles. The van der Waals surface area contributed by atoms with E-state index in [-0.39, 0.29) is 12.3 Å². The number of hydrogen-bond donors (Lipinski definition) is 2. The lowest BCUT2D eigenvalue weighted by Crippen LogP contribution is -2.24. The number of benzene rings is 1. The van der Waals surface area contributed by atoms with Crippen LogP contribution in [0.2, 0.25) is 0 Å². The van der Waals surface area contributed by atoms with Crippen LogP contribution in [0, 0.1) is 13.8 Å². The number of carbonyl (C=O) groups is 2. The number of carbonyl (C=O) groups excluding carboxylic acids is 1. The van der Waals surface area contributed by atoms with Gasteiger partial charge in [0.05, 0.1) is 11.4 Å². The zero-order valence-electron chi connectivity index (χ0n) is 14.8. The Hall–Kier alpha value is -2.63. The average molecular weight is 343 g/mol. The number of carboxylic acid groups (broad SMARTS) is 1. The number of rotatable bonds is 9. The monoisotopic (exact) mass is 343 g/mol. The highest BCUT2D eigenvalue weighted by atomic mass is 16.4. The Labute approximate surface area is 147 Å². The van der Waals surface area contributed by atoms with Crippen LogP contribution < -0.4 is 5.32 Å². The fraction of sp³-hybridized carbons (Fsp3) is 0.421. The summed E-state index contributed by atoms with van der Waals surface area (Å²) >= 11 is 0. The van der Waals surface area contributed by atoms with Crippen LogP contribution in [0.15, 0.2) is 30.3 Å². The molecular weight excluding hydrogens is 318 g/mol.